The molecule has 2 rings (SSSR count). The Morgan fingerprint density at radius 1 is 1.27 bits per heavy atom. The van der Waals surface area contributed by atoms with Gasteiger partial charge in [0.05, 0.1) is 6.61 Å². The van der Waals surface area contributed by atoms with Crippen molar-refractivity contribution in [2.45, 2.75) is 26.5 Å². The number of carbonyl (C=O) groups excluding carboxylic acids is 2. The minimum atomic E-state index is -0.702. The first-order valence-electron chi connectivity index (χ1n) is 8.94. The van der Waals surface area contributed by atoms with Crippen molar-refractivity contribution < 1.29 is 19.1 Å². The summed E-state index contributed by atoms with van der Waals surface area (Å²) in [5.41, 5.74) is 2.54. The van der Waals surface area contributed by atoms with Crippen molar-refractivity contribution in [3.05, 3.63) is 48.0 Å². The number of nitrogens with zero attached hydrogens (tertiary/aromatic N) is 2. The van der Waals surface area contributed by atoms with Crippen molar-refractivity contribution in [2.24, 2.45) is 0 Å². The summed E-state index contributed by atoms with van der Waals surface area (Å²) in [4.78, 5) is 28.1. The first-order valence-corrected chi connectivity index (χ1v) is 8.94. The molecule has 6 nitrogen and oxygen atoms in total. The van der Waals surface area contributed by atoms with Crippen LogP contribution in [0.4, 0.5) is 0 Å². The van der Waals surface area contributed by atoms with Gasteiger partial charge in [-0.05, 0) is 19.4 Å². The Labute approximate surface area is 155 Å². The lowest BCUT2D eigenvalue weighted by Gasteiger charge is -2.34. The van der Waals surface area contributed by atoms with Crippen LogP contribution in [0.1, 0.15) is 18.1 Å². The van der Waals surface area contributed by atoms with Crippen molar-refractivity contribution in [3.8, 4) is 0 Å². The third kappa shape index (κ3) is 6.28. The first-order chi connectivity index (χ1) is 12.5. The Morgan fingerprint density at radius 2 is 2.00 bits per heavy atom. The Bertz CT molecular complexity index is 624. The first kappa shape index (κ1) is 20.1. The molecule has 0 radical (unpaired) electrons. The molecule has 0 aromatic heterocycles. The molecule has 1 saturated heterocycles. The van der Waals surface area contributed by atoms with E-state index in [0.717, 1.165) is 19.6 Å². The van der Waals surface area contributed by atoms with Gasteiger partial charge in [0.15, 0.2) is 12.7 Å². The second-order valence-electron chi connectivity index (χ2n) is 6.52. The second kappa shape index (κ2) is 10.1. The minimum Gasteiger partial charge on any atom is -0.454 e. The van der Waals surface area contributed by atoms with Gasteiger partial charge >= 0.3 is 5.97 Å². The molecule has 142 valence electrons. The summed E-state index contributed by atoms with van der Waals surface area (Å²) in [6.07, 6.45) is 0.859. The molecule has 1 aliphatic rings. The average Bonchev–Trinajstić information content (AvgIpc) is 2.64. The van der Waals surface area contributed by atoms with Gasteiger partial charge in [-0.15, -0.1) is 6.58 Å². The number of ether oxygens (including phenoxy) is 2. The molecule has 0 aliphatic carbocycles. The summed E-state index contributed by atoms with van der Waals surface area (Å²) in [5, 5.41) is 0. The number of rotatable bonds is 8. The highest BCUT2D eigenvalue weighted by Crippen LogP contribution is 2.10. The predicted molar refractivity (Wildman–Crippen MR) is 99.6 cm³/mol. The van der Waals surface area contributed by atoms with E-state index in [2.05, 4.69) is 42.7 Å². The molecule has 1 aliphatic heterocycles. The van der Waals surface area contributed by atoms with Crippen LogP contribution < -0.4 is 0 Å². The molecule has 1 amide bonds. The standard InChI is InChI=1S/C20H28N2O4/c1-4-12-25-17(3)20(24)26-15-19(23)22-10-8-21(9-11-22)14-18-7-5-6-16(2)13-18/h4-7,13,17H,1,8-12,14-15H2,2-3H3. The van der Waals surface area contributed by atoms with E-state index in [-0.39, 0.29) is 19.1 Å². The fraction of sp³-hybridized carbons (Fsp3) is 0.500. The number of benzene rings is 1. The predicted octanol–water partition coefficient (Wildman–Crippen LogP) is 1.77. The molecule has 1 fully saturated rings. The molecule has 26 heavy (non-hydrogen) atoms. The molecule has 0 bridgehead atoms. The molecule has 0 spiro atoms. The van der Waals surface area contributed by atoms with E-state index in [0.29, 0.717) is 13.1 Å². The zero-order valence-corrected chi connectivity index (χ0v) is 15.6. The third-order valence-corrected chi connectivity index (χ3v) is 4.35. The Balaban J connectivity index is 1.70. The molecular weight excluding hydrogens is 332 g/mol. The lowest BCUT2D eigenvalue weighted by atomic mass is 10.1. The van der Waals surface area contributed by atoms with Crippen LogP contribution in [0.3, 0.4) is 0 Å². The average molecular weight is 360 g/mol. The molecule has 1 atom stereocenters. The lowest BCUT2D eigenvalue weighted by Crippen LogP contribution is -2.49. The number of piperazine rings is 1. The number of carbonyl (C=O) groups is 2. The molecule has 0 saturated carbocycles. The van der Waals surface area contributed by atoms with Crippen molar-refractivity contribution in [3.63, 3.8) is 0 Å². The van der Waals surface area contributed by atoms with Crippen LogP contribution in [0.25, 0.3) is 0 Å². The van der Waals surface area contributed by atoms with Crippen LogP contribution in [-0.2, 0) is 25.6 Å². The molecule has 0 N–H and O–H groups in total. The number of hydrogen-bond donors (Lipinski definition) is 0. The van der Waals surface area contributed by atoms with Crippen molar-refractivity contribution in [1.29, 1.82) is 0 Å². The maximum Gasteiger partial charge on any atom is 0.335 e. The van der Waals surface area contributed by atoms with Crippen molar-refractivity contribution >= 4 is 11.9 Å². The van der Waals surface area contributed by atoms with Gasteiger partial charge in [-0.3, -0.25) is 9.69 Å². The van der Waals surface area contributed by atoms with Crippen LogP contribution in [0.5, 0.6) is 0 Å². The van der Waals surface area contributed by atoms with Crippen LogP contribution in [0.15, 0.2) is 36.9 Å². The summed E-state index contributed by atoms with van der Waals surface area (Å²) >= 11 is 0. The molecular formula is C20H28N2O4. The topological polar surface area (TPSA) is 59.1 Å². The van der Waals surface area contributed by atoms with Crippen LogP contribution in [-0.4, -0.2) is 67.2 Å². The van der Waals surface area contributed by atoms with Gasteiger partial charge in [0.2, 0.25) is 0 Å². The maximum absolute atomic E-state index is 12.2. The fourth-order valence-electron chi connectivity index (χ4n) is 2.85. The van der Waals surface area contributed by atoms with Gasteiger partial charge in [-0.1, -0.05) is 35.9 Å². The summed E-state index contributed by atoms with van der Waals surface area (Å²) in [6.45, 7) is 11.0. The zero-order valence-electron chi connectivity index (χ0n) is 15.6. The lowest BCUT2D eigenvalue weighted by molar-refractivity contribution is -0.161. The zero-order chi connectivity index (χ0) is 18.9. The number of hydrogen-bond acceptors (Lipinski definition) is 5. The number of aryl methyl sites for hydroxylation is 1. The minimum absolute atomic E-state index is 0.163. The highest BCUT2D eigenvalue weighted by molar-refractivity contribution is 5.82. The maximum atomic E-state index is 12.2. The van der Waals surface area contributed by atoms with E-state index < -0.39 is 12.1 Å². The normalized spacial score (nSPS) is 16.2. The van der Waals surface area contributed by atoms with Gasteiger partial charge in [-0.2, -0.15) is 0 Å². The van der Waals surface area contributed by atoms with Gasteiger partial charge in [0.1, 0.15) is 0 Å². The molecule has 1 aromatic carbocycles. The van der Waals surface area contributed by atoms with Gasteiger partial charge in [-0.25, -0.2) is 4.79 Å². The third-order valence-electron chi connectivity index (χ3n) is 4.35. The summed E-state index contributed by atoms with van der Waals surface area (Å²) in [6, 6.07) is 8.47. The van der Waals surface area contributed by atoms with Crippen molar-refractivity contribution in [2.75, 3.05) is 39.4 Å². The Morgan fingerprint density at radius 3 is 2.65 bits per heavy atom. The van der Waals surface area contributed by atoms with Gasteiger partial charge in [0, 0.05) is 32.7 Å². The smallest absolute Gasteiger partial charge is 0.335 e. The van der Waals surface area contributed by atoms with E-state index in [4.69, 9.17) is 9.47 Å². The summed E-state index contributed by atoms with van der Waals surface area (Å²) < 4.78 is 10.2. The fourth-order valence-corrected chi connectivity index (χ4v) is 2.85. The Hall–Kier alpha value is -2.18. The van der Waals surface area contributed by atoms with Gasteiger partial charge < -0.3 is 14.4 Å². The van der Waals surface area contributed by atoms with E-state index in [1.165, 1.54) is 11.1 Å². The quantitative estimate of drug-likeness (QED) is 0.522. The largest absolute Gasteiger partial charge is 0.454 e. The SMILES string of the molecule is C=CCOC(C)C(=O)OCC(=O)N1CCN(Cc2cccc(C)c2)CC1. The molecule has 1 unspecified atom stereocenters. The molecule has 1 aromatic rings. The van der Waals surface area contributed by atoms with Gasteiger partial charge in [0.25, 0.3) is 5.91 Å². The second-order valence-corrected chi connectivity index (χ2v) is 6.52. The van der Waals surface area contributed by atoms with E-state index in [1.807, 2.05) is 0 Å². The van der Waals surface area contributed by atoms with E-state index >= 15 is 0 Å². The Kier molecular flexibility index (Phi) is 7.81. The summed E-state index contributed by atoms with van der Waals surface area (Å²) in [5.74, 6) is -0.692. The van der Waals surface area contributed by atoms with Crippen LogP contribution in [0.2, 0.25) is 0 Å². The molecule has 6 heteroatoms. The highest BCUT2D eigenvalue weighted by atomic mass is 16.6. The van der Waals surface area contributed by atoms with Crippen LogP contribution in [0, 0.1) is 6.92 Å². The van der Waals surface area contributed by atoms with E-state index in [9.17, 15) is 9.59 Å². The highest BCUT2D eigenvalue weighted by Gasteiger charge is 2.23. The number of amides is 1. The number of esters is 1. The van der Waals surface area contributed by atoms with Crippen molar-refractivity contribution in [1.82, 2.24) is 9.80 Å². The monoisotopic (exact) mass is 360 g/mol. The van der Waals surface area contributed by atoms with E-state index in [1.54, 1.807) is 17.9 Å². The summed E-state index contributed by atoms with van der Waals surface area (Å²) in [7, 11) is 0. The molecule has 1 heterocycles. The van der Waals surface area contributed by atoms with Crippen LogP contribution >= 0.6 is 0 Å².